The molecule has 0 fully saturated rings. The molecule has 6 heteroatoms. The maximum atomic E-state index is 12.6. The molecule has 1 heterocycles. The van der Waals surface area contributed by atoms with Gasteiger partial charge in [-0.25, -0.2) is 0 Å². The quantitative estimate of drug-likeness (QED) is 0.685. The summed E-state index contributed by atoms with van der Waals surface area (Å²) in [4.78, 5) is 16.9. The van der Waals surface area contributed by atoms with Gasteiger partial charge in [0.25, 0.3) is 5.91 Å². The van der Waals surface area contributed by atoms with Crippen LogP contribution in [0.4, 0.5) is 18.9 Å². The molecular weight excluding hydrogens is 341 g/mol. The van der Waals surface area contributed by atoms with Crippen molar-refractivity contribution in [2.24, 2.45) is 0 Å². The van der Waals surface area contributed by atoms with Crippen molar-refractivity contribution in [1.29, 1.82) is 0 Å². The van der Waals surface area contributed by atoms with Crippen molar-refractivity contribution < 1.29 is 18.0 Å². The van der Waals surface area contributed by atoms with Crippen LogP contribution in [0.5, 0.6) is 0 Å². The number of halogens is 3. The Kier molecular flexibility index (Phi) is 4.75. The number of alkyl halides is 3. The number of nitrogens with one attached hydrogen (secondary N) is 1. The van der Waals surface area contributed by atoms with Gasteiger partial charge >= 0.3 is 6.18 Å². The van der Waals surface area contributed by atoms with E-state index in [9.17, 15) is 18.0 Å². The highest BCUT2D eigenvalue weighted by molar-refractivity contribution is 6.09. The van der Waals surface area contributed by atoms with Gasteiger partial charge in [0.15, 0.2) is 0 Å². The predicted octanol–water partition coefficient (Wildman–Crippen LogP) is 5.37. The lowest BCUT2D eigenvalue weighted by Gasteiger charge is -2.10. The van der Waals surface area contributed by atoms with Crippen molar-refractivity contribution in [3.8, 4) is 0 Å². The van der Waals surface area contributed by atoms with E-state index in [1.807, 2.05) is 24.3 Å². The van der Waals surface area contributed by atoms with E-state index in [0.29, 0.717) is 27.9 Å². The fraction of sp³-hybridized carbons (Fsp3) is 0.100. The lowest BCUT2D eigenvalue weighted by atomic mass is 10.0. The SMILES string of the molecule is Cc1cc(C=CC(F)(F)F)ccc1C(=O)Nc1cccc2cccnc12. The number of anilines is 1. The molecule has 3 nitrogen and oxygen atoms in total. The number of carbonyl (C=O) groups excluding carboxylic acids is 1. The van der Waals surface area contributed by atoms with Crippen molar-refractivity contribution >= 4 is 28.6 Å². The summed E-state index contributed by atoms with van der Waals surface area (Å²) < 4.78 is 36.8. The van der Waals surface area contributed by atoms with Gasteiger partial charge in [-0.1, -0.05) is 36.4 Å². The Morgan fingerprint density at radius 3 is 2.62 bits per heavy atom. The van der Waals surface area contributed by atoms with E-state index in [4.69, 9.17) is 0 Å². The standard InChI is InChI=1S/C20H15F3N2O/c1-13-12-14(9-10-20(21,22)23)7-8-16(13)19(26)25-17-6-2-4-15-5-3-11-24-18(15)17/h2-12H,1H3,(H,25,26). The monoisotopic (exact) mass is 356 g/mol. The van der Waals surface area contributed by atoms with Gasteiger partial charge in [0.2, 0.25) is 0 Å². The van der Waals surface area contributed by atoms with Crippen molar-refractivity contribution in [1.82, 2.24) is 4.98 Å². The van der Waals surface area contributed by atoms with Gasteiger partial charge in [-0.2, -0.15) is 13.2 Å². The van der Waals surface area contributed by atoms with Crippen molar-refractivity contribution in [2.75, 3.05) is 5.32 Å². The summed E-state index contributed by atoms with van der Waals surface area (Å²) >= 11 is 0. The number of amides is 1. The molecule has 0 atom stereocenters. The number of pyridine rings is 1. The number of allylic oxidation sites excluding steroid dienone is 1. The molecule has 3 aromatic rings. The Hall–Kier alpha value is -3.15. The highest BCUT2D eigenvalue weighted by Crippen LogP contribution is 2.23. The average molecular weight is 356 g/mol. The minimum atomic E-state index is -4.37. The average Bonchev–Trinajstić information content (AvgIpc) is 2.59. The van der Waals surface area contributed by atoms with Gasteiger partial charge in [0.1, 0.15) is 0 Å². The summed E-state index contributed by atoms with van der Waals surface area (Å²) in [5.41, 5.74) is 2.60. The van der Waals surface area contributed by atoms with Gasteiger partial charge in [0, 0.05) is 23.2 Å². The Morgan fingerprint density at radius 2 is 1.88 bits per heavy atom. The molecule has 0 saturated carbocycles. The molecular formula is C20H15F3N2O. The molecule has 1 amide bonds. The third-order valence-electron chi connectivity index (χ3n) is 3.84. The van der Waals surface area contributed by atoms with Crippen LogP contribution in [0.2, 0.25) is 0 Å². The number of aromatic nitrogens is 1. The van der Waals surface area contributed by atoms with Gasteiger partial charge in [-0.15, -0.1) is 0 Å². The fourth-order valence-corrected chi connectivity index (χ4v) is 2.63. The molecule has 2 aromatic carbocycles. The third-order valence-corrected chi connectivity index (χ3v) is 3.84. The summed E-state index contributed by atoms with van der Waals surface area (Å²) in [5.74, 6) is -0.341. The zero-order valence-electron chi connectivity index (χ0n) is 13.8. The maximum Gasteiger partial charge on any atom is 0.409 e. The molecule has 1 aromatic heterocycles. The summed E-state index contributed by atoms with van der Waals surface area (Å²) in [6.07, 6.45) is -1.58. The molecule has 0 radical (unpaired) electrons. The predicted molar refractivity (Wildman–Crippen MR) is 96.0 cm³/mol. The van der Waals surface area contributed by atoms with Crippen LogP contribution >= 0.6 is 0 Å². The van der Waals surface area contributed by atoms with Crippen LogP contribution in [0.1, 0.15) is 21.5 Å². The summed E-state index contributed by atoms with van der Waals surface area (Å²) in [7, 11) is 0. The first-order valence-electron chi connectivity index (χ1n) is 7.85. The van der Waals surface area contributed by atoms with Crippen LogP contribution < -0.4 is 5.32 Å². The molecule has 0 aliphatic rings. The van der Waals surface area contributed by atoms with Crippen LogP contribution in [-0.4, -0.2) is 17.1 Å². The number of aryl methyl sites for hydroxylation is 1. The van der Waals surface area contributed by atoms with Crippen molar-refractivity contribution in [3.63, 3.8) is 0 Å². The molecule has 0 unspecified atom stereocenters. The maximum absolute atomic E-state index is 12.6. The van der Waals surface area contributed by atoms with E-state index < -0.39 is 6.18 Å². The van der Waals surface area contributed by atoms with Gasteiger partial charge in [0.05, 0.1) is 11.2 Å². The first kappa shape index (κ1) is 17.7. The minimum absolute atomic E-state index is 0.170. The first-order chi connectivity index (χ1) is 12.3. The third kappa shape index (κ3) is 4.08. The second kappa shape index (κ2) is 7.00. The Bertz CT molecular complexity index is 989. The summed E-state index contributed by atoms with van der Waals surface area (Å²) in [6.45, 7) is 1.68. The Balaban J connectivity index is 1.85. The molecule has 0 saturated heterocycles. The second-order valence-electron chi connectivity index (χ2n) is 5.78. The highest BCUT2D eigenvalue weighted by Gasteiger charge is 2.21. The van der Waals surface area contributed by atoms with Gasteiger partial charge in [-0.3, -0.25) is 9.78 Å². The minimum Gasteiger partial charge on any atom is -0.320 e. The lowest BCUT2D eigenvalue weighted by Crippen LogP contribution is -2.14. The van der Waals surface area contributed by atoms with Gasteiger partial charge < -0.3 is 5.32 Å². The van der Waals surface area contributed by atoms with E-state index in [2.05, 4.69) is 10.3 Å². The Morgan fingerprint density at radius 1 is 1.12 bits per heavy atom. The molecule has 0 aliphatic carbocycles. The summed E-state index contributed by atoms with van der Waals surface area (Å²) in [6, 6.07) is 13.7. The van der Waals surface area contributed by atoms with Crippen molar-refractivity contribution in [2.45, 2.75) is 13.1 Å². The fourth-order valence-electron chi connectivity index (χ4n) is 2.63. The first-order valence-corrected chi connectivity index (χ1v) is 7.85. The normalized spacial score (nSPS) is 11.8. The van der Waals surface area contributed by atoms with E-state index >= 15 is 0 Å². The molecule has 3 rings (SSSR count). The molecule has 0 aliphatic heterocycles. The second-order valence-corrected chi connectivity index (χ2v) is 5.78. The number of para-hydroxylation sites is 1. The van der Waals surface area contributed by atoms with E-state index in [0.717, 1.165) is 11.5 Å². The topological polar surface area (TPSA) is 42.0 Å². The number of rotatable bonds is 3. The molecule has 132 valence electrons. The lowest BCUT2D eigenvalue weighted by molar-refractivity contribution is -0.0790. The van der Waals surface area contributed by atoms with Crippen LogP contribution in [0, 0.1) is 6.92 Å². The zero-order valence-corrected chi connectivity index (χ0v) is 13.8. The number of hydrogen-bond acceptors (Lipinski definition) is 2. The smallest absolute Gasteiger partial charge is 0.320 e. The number of carbonyl (C=O) groups is 1. The van der Waals surface area contributed by atoms with E-state index in [1.165, 1.54) is 12.1 Å². The number of hydrogen-bond donors (Lipinski definition) is 1. The van der Waals surface area contributed by atoms with Crippen molar-refractivity contribution in [3.05, 3.63) is 77.5 Å². The Labute approximate surface area is 148 Å². The van der Waals surface area contributed by atoms with Crippen LogP contribution in [0.15, 0.2) is 60.8 Å². The molecule has 0 bridgehead atoms. The van der Waals surface area contributed by atoms with E-state index in [-0.39, 0.29) is 12.0 Å². The van der Waals surface area contributed by atoms with E-state index in [1.54, 1.807) is 25.3 Å². The van der Waals surface area contributed by atoms with Crippen LogP contribution in [0.25, 0.3) is 17.0 Å². The van der Waals surface area contributed by atoms with Crippen LogP contribution in [-0.2, 0) is 0 Å². The molecule has 0 spiro atoms. The summed E-state index contributed by atoms with van der Waals surface area (Å²) in [5, 5.41) is 3.72. The van der Waals surface area contributed by atoms with Crippen LogP contribution in [0.3, 0.4) is 0 Å². The number of benzene rings is 2. The highest BCUT2D eigenvalue weighted by atomic mass is 19.4. The van der Waals surface area contributed by atoms with Gasteiger partial charge in [-0.05, 0) is 36.2 Å². The molecule has 1 N–H and O–H groups in total. The molecule has 26 heavy (non-hydrogen) atoms. The number of nitrogens with zero attached hydrogens (tertiary/aromatic N) is 1. The zero-order chi connectivity index (χ0) is 18.7. The number of fused-ring (bicyclic) bond motifs is 1. The largest absolute Gasteiger partial charge is 0.409 e.